The molecule has 3 aromatic carbocycles. The molecular weight excluding hydrogens is 509 g/mol. The van der Waals surface area contributed by atoms with Crippen LogP contribution < -0.4 is 15.0 Å². The van der Waals surface area contributed by atoms with E-state index in [2.05, 4.69) is 22.3 Å². The molecule has 1 saturated carbocycles. The summed E-state index contributed by atoms with van der Waals surface area (Å²) in [6.45, 7) is 5.57. The minimum atomic E-state index is -0.983. The molecule has 3 fully saturated rings. The van der Waals surface area contributed by atoms with Crippen LogP contribution in [0.25, 0.3) is 11.1 Å². The number of carbonyl (C=O) groups is 2. The molecule has 6 rings (SSSR count). The molecule has 2 heterocycles. The van der Waals surface area contributed by atoms with Gasteiger partial charge in [0.2, 0.25) is 0 Å². The van der Waals surface area contributed by atoms with Gasteiger partial charge in [-0.05, 0) is 104 Å². The molecule has 2 saturated heterocycles. The summed E-state index contributed by atoms with van der Waals surface area (Å²) < 4.78 is 19.7. The summed E-state index contributed by atoms with van der Waals surface area (Å²) in [5.41, 5.74) is 5.22. The van der Waals surface area contributed by atoms with E-state index in [1.165, 1.54) is 48.2 Å². The Morgan fingerprint density at radius 2 is 1.77 bits per heavy atom. The van der Waals surface area contributed by atoms with Crippen molar-refractivity contribution in [1.29, 1.82) is 0 Å². The van der Waals surface area contributed by atoms with Crippen LogP contribution in [0.4, 0.5) is 14.9 Å². The molecule has 0 bridgehead atoms. The van der Waals surface area contributed by atoms with Gasteiger partial charge in [0, 0.05) is 30.9 Å². The maximum Gasteiger partial charge on any atom is 0.335 e. The number of hydrogen-bond acceptors (Lipinski definition) is 4. The fourth-order valence-corrected chi connectivity index (χ4v) is 6.03. The van der Waals surface area contributed by atoms with Gasteiger partial charge in [-0.3, -0.25) is 9.80 Å². The Kier molecular flexibility index (Phi) is 6.96. The third kappa shape index (κ3) is 5.28. The van der Waals surface area contributed by atoms with Crippen LogP contribution in [0.5, 0.6) is 5.75 Å². The van der Waals surface area contributed by atoms with Crippen molar-refractivity contribution in [2.24, 2.45) is 0 Å². The van der Waals surface area contributed by atoms with E-state index in [0.29, 0.717) is 24.8 Å². The SMILES string of the molecule is CCOc1cc(-c2ccc(F)cc2)c(C2CC2)cc1CN1CCC2(CC1)CN(c1ccc(C(=O)O)cc1)C(=O)N2. The number of aromatic carboxylic acids is 1. The predicted octanol–water partition coefficient (Wildman–Crippen LogP) is 6.03. The normalized spacial score (nSPS) is 18.6. The summed E-state index contributed by atoms with van der Waals surface area (Å²) in [5, 5.41) is 12.4. The number of halogens is 1. The van der Waals surface area contributed by atoms with Crippen molar-refractivity contribution in [2.75, 3.05) is 31.1 Å². The van der Waals surface area contributed by atoms with E-state index in [-0.39, 0.29) is 23.0 Å². The molecule has 2 N–H and O–H groups in total. The smallest absolute Gasteiger partial charge is 0.335 e. The maximum atomic E-state index is 13.6. The van der Waals surface area contributed by atoms with Crippen LogP contribution in [0.1, 0.15) is 60.0 Å². The number of urea groups is 1. The Balaban J connectivity index is 1.17. The number of nitrogens with one attached hydrogen (secondary N) is 1. The molecule has 1 spiro atoms. The second kappa shape index (κ2) is 10.6. The molecule has 208 valence electrons. The Bertz CT molecular complexity index is 1410. The van der Waals surface area contributed by atoms with Gasteiger partial charge in [-0.2, -0.15) is 0 Å². The van der Waals surface area contributed by atoms with Crippen molar-refractivity contribution in [3.63, 3.8) is 0 Å². The van der Waals surface area contributed by atoms with Crippen molar-refractivity contribution in [3.05, 3.63) is 83.2 Å². The fraction of sp³-hybridized carbons (Fsp3) is 0.375. The second-order valence-electron chi connectivity index (χ2n) is 11.2. The van der Waals surface area contributed by atoms with Gasteiger partial charge < -0.3 is 15.2 Å². The lowest BCUT2D eigenvalue weighted by Gasteiger charge is -2.39. The first-order valence-electron chi connectivity index (χ1n) is 14.0. The van der Waals surface area contributed by atoms with E-state index in [1.54, 1.807) is 17.0 Å². The lowest BCUT2D eigenvalue weighted by molar-refractivity contribution is 0.0697. The van der Waals surface area contributed by atoms with Crippen LogP contribution in [-0.2, 0) is 6.54 Å². The lowest BCUT2D eigenvalue weighted by atomic mass is 9.87. The fourth-order valence-electron chi connectivity index (χ4n) is 6.03. The number of likely N-dealkylation sites (tertiary alicyclic amines) is 1. The van der Waals surface area contributed by atoms with E-state index >= 15 is 0 Å². The summed E-state index contributed by atoms with van der Waals surface area (Å²) in [6, 6.07) is 17.5. The van der Waals surface area contributed by atoms with Gasteiger partial charge in [0.25, 0.3) is 0 Å². The summed E-state index contributed by atoms with van der Waals surface area (Å²) in [7, 11) is 0. The molecule has 0 unspecified atom stereocenters. The molecule has 3 aromatic rings. The van der Waals surface area contributed by atoms with Crippen LogP contribution in [0.15, 0.2) is 60.7 Å². The molecule has 1 aliphatic carbocycles. The van der Waals surface area contributed by atoms with Gasteiger partial charge in [0.15, 0.2) is 0 Å². The van der Waals surface area contributed by atoms with E-state index in [9.17, 15) is 19.1 Å². The van der Waals surface area contributed by atoms with Crippen molar-refractivity contribution in [3.8, 4) is 16.9 Å². The maximum absolute atomic E-state index is 13.6. The average molecular weight is 544 g/mol. The van der Waals surface area contributed by atoms with Gasteiger partial charge in [0.05, 0.1) is 24.3 Å². The number of carbonyl (C=O) groups excluding carboxylic acids is 1. The van der Waals surface area contributed by atoms with Gasteiger partial charge in [-0.1, -0.05) is 12.1 Å². The highest BCUT2D eigenvalue weighted by Crippen LogP contribution is 2.47. The second-order valence-corrected chi connectivity index (χ2v) is 11.2. The highest BCUT2D eigenvalue weighted by atomic mass is 19.1. The Morgan fingerprint density at radius 3 is 2.40 bits per heavy atom. The number of ether oxygens (including phenoxy) is 1. The zero-order valence-electron chi connectivity index (χ0n) is 22.7. The summed E-state index contributed by atoms with van der Waals surface area (Å²) >= 11 is 0. The van der Waals surface area contributed by atoms with E-state index in [1.807, 2.05) is 19.1 Å². The molecule has 8 heteroatoms. The molecule has 0 atom stereocenters. The largest absolute Gasteiger partial charge is 0.494 e. The Hall–Kier alpha value is -3.91. The first-order chi connectivity index (χ1) is 19.3. The zero-order chi connectivity index (χ0) is 27.9. The summed E-state index contributed by atoms with van der Waals surface area (Å²) in [5.74, 6) is 0.182. The number of rotatable bonds is 8. The zero-order valence-corrected chi connectivity index (χ0v) is 22.7. The number of carboxylic acids is 1. The van der Waals surface area contributed by atoms with Crippen molar-refractivity contribution in [1.82, 2.24) is 10.2 Å². The average Bonchev–Trinajstić information content (AvgIpc) is 3.75. The number of hydrogen-bond donors (Lipinski definition) is 2. The number of anilines is 1. The van der Waals surface area contributed by atoms with Crippen LogP contribution in [0.2, 0.25) is 0 Å². The number of amides is 2. The molecule has 40 heavy (non-hydrogen) atoms. The summed E-state index contributed by atoms with van der Waals surface area (Å²) in [4.78, 5) is 28.2. The number of nitrogens with zero attached hydrogens (tertiary/aromatic N) is 2. The molecule has 2 amide bonds. The Labute approximate surface area is 233 Å². The monoisotopic (exact) mass is 543 g/mol. The van der Waals surface area contributed by atoms with E-state index in [4.69, 9.17) is 4.74 Å². The van der Waals surface area contributed by atoms with Gasteiger partial charge in [0.1, 0.15) is 11.6 Å². The van der Waals surface area contributed by atoms with Crippen molar-refractivity contribution < 1.29 is 23.8 Å². The van der Waals surface area contributed by atoms with Gasteiger partial charge in [-0.25, -0.2) is 14.0 Å². The first kappa shape index (κ1) is 26.3. The summed E-state index contributed by atoms with van der Waals surface area (Å²) in [6.07, 6.45) is 4.00. The third-order valence-electron chi connectivity index (χ3n) is 8.42. The predicted molar refractivity (Wildman–Crippen MR) is 152 cm³/mol. The quantitative estimate of drug-likeness (QED) is 0.363. The molecular formula is C32H34FN3O4. The van der Waals surface area contributed by atoms with Crippen LogP contribution in [0.3, 0.4) is 0 Å². The minimum Gasteiger partial charge on any atom is -0.494 e. The molecule has 2 aliphatic heterocycles. The molecule has 3 aliphatic rings. The standard InChI is InChI=1S/C32H34FN3O4/c1-2-40-29-18-28(22-5-9-25(33)10-6-22)27(21-3-4-21)17-24(29)19-35-15-13-32(14-16-35)20-36(31(39)34-32)26-11-7-23(8-12-26)30(37)38/h5-12,17-18,21H,2-4,13-16,19-20H2,1H3,(H,34,39)(H,37,38). The first-order valence-corrected chi connectivity index (χ1v) is 14.0. The van der Waals surface area contributed by atoms with Crippen LogP contribution in [0, 0.1) is 5.82 Å². The van der Waals surface area contributed by atoms with Crippen molar-refractivity contribution >= 4 is 17.7 Å². The topological polar surface area (TPSA) is 82.1 Å². The van der Waals surface area contributed by atoms with Gasteiger partial charge in [-0.15, -0.1) is 0 Å². The highest BCUT2D eigenvalue weighted by Gasteiger charge is 2.45. The lowest BCUT2D eigenvalue weighted by Crippen LogP contribution is -2.52. The number of carboxylic acid groups (broad SMARTS) is 1. The molecule has 7 nitrogen and oxygen atoms in total. The van der Waals surface area contributed by atoms with E-state index in [0.717, 1.165) is 49.4 Å². The van der Waals surface area contributed by atoms with Crippen molar-refractivity contribution in [2.45, 2.75) is 50.6 Å². The van der Waals surface area contributed by atoms with Gasteiger partial charge >= 0.3 is 12.0 Å². The molecule has 0 aromatic heterocycles. The third-order valence-corrected chi connectivity index (χ3v) is 8.42. The Morgan fingerprint density at radius 1 is 1.07 bits per heavy atom. The molecule has 0 radical (unpaired) electrons. The minimum absolute atomic E-state index is 0.138. The van der Waals surface area contributed by atoms with Crippen LogP contribution in [-0.4, -0.2) is 53.8 Å². The van der Waals surface area contributed by atoms with Crippen LogP contribution >= 0.6 is 0 Å². The highest BCUT2D eigenvalue weighted by molar-refractivity contribution is 5.96. The number of benzene rings is 3. The van der Waals surface area contributed by atoms with E-state index < -0.39 is 5.97 Å². The number of piperidine rings is 1.